The van der Waals surface area contributed by atoms with Crippen molar-refractivity contribution in [3.05, 3.63) is 59.8 Å². The molecule has 0 radical (unpaired) electrons. The Hall–Kier alpha value is -2.34. The van der Waals surface area contributed by atoms with Crippen molar-refractivity contribution in [1.82, 2.24) is 14.8 Å². The zero-order valence-electron chi connectivity index (χ0n) is 14.9. The van der Waals surface area contributed by atoms with Gasteiger partial charge < -0.3 is 9.80 Å². The van der Waals surface area contributed by atoms with Gasteiger partial charge in [-0.25, -0.2) is 4.98 Å². The van der Waals surface area contributed by atoms with E-state index in [2.05, 4.69) is 4.98 Å². The van der Waals surface area contributed by atoms with Crippen molar-refractivity contribution in [2.45, 2.75) is 24.4 Å². The third-order valence-corrected chi connectivity index (χ3v) is 5.34. The van der Waals surface area contributed by atoms with Crippen LogP contribution in [-0.2, 0) is 11.3 Å². The second-order valence-corrected chi connectivity index (χ2v) is 7.40. The Morgan fingerprint density at radius 1 is 1.12 bits per heavy atom. The van der Waals surface area contributed by atoms with Crippen LogP contribution in [0.5, 0.6) is 0 Å². The molecule has 0 saturated carbocycles. The predicted octanol–water partition coefficient (Wildman–Crippen LogP) is 3.07. The minimum absolute atomic E-state index is 0.0465. The Bertz CT molecular complexity index is 743. The smallest absolute Gasteiger partial charge is 0.255 e. The number of rotatable bonds is 6. The lowest BCUT2D eigenvalue weighted by Crippen LogP contribution is -2.28. The summed E-state index contributed by atoms with van der Waals surface area (Å²) in [5.74, 6) is 0.429. The molecule has 3 rings (SSSR count). The molecule has 0 bridgehead atoms. The first-order valence-electron chi connectivity index (χ1n) is 8.79. The van der Waals surface area contributed by atoms with Crippen molar-refractivity contribution < 1.29 is 9.59 Å². The maximum atomic E-state index is 12.3. The molecular formula is C20H23N3O2S. The molecular weight excluding hydrogens is 346 g/mol. The first-order chi connectivity index (χ1) is 12.6. The Labute approximate surface area is 158 Å². The Morgan fingerprint density at radius 2 is 1.85 bits per heavy atom. The Kier molecular flexibility index (Phi) is 6.28. The van der Waals surface area contributed by atoms with Crippen molar-refractivity contribution in [3.63, 3.8) is 0 Å². The van der Waals surface area contributed by atoms with Crippen molar-refractivity contribution in [2.75, 3.05) is 25.9 Å². The number of benzene rings is 1. The molecule has 1 aromatic carbocycles. The number of aromatic nitrogens is 1. The summed E-state index contributed by atoms with van der Waals surface area (Å²) < 4.78 is 0. The molecule has 1 aliphatic rings. The molecule has 0 aliphatic carbocycles. The van der Waals surface area contributed by atoms with Gasteiger partial charge in [0.1, 0.15) is 0 Å². The zero-order chi connectivity index (χ0) is 18.4. The van der Waals surface area contributed by atoms with Crippen LogP contribution in [-0.4, -0.2) is 52.5 Å². The molecule has 1 saturated heterocycles. The fourth-order valence-corrected chi connectivity index (χ4v) is 3.67. The topological polar surface area (TPSA) is 53.5 Å². The second-order valence-electron chi connectivity index (χ2n) is 6.41. The monoisotopic (exact) mass is 369 g/mol. The van der Waals surface area contributed by atoms with Crippen LogP contribution in [0.15, 0.2) is 53.7 Å². The fourth-order valence-electron chi connectivity index (χ4n) is 2.89. The number of thioether (sulfide) groups is 1. The van der Waals surface area contributed by atoms with Crippen LogP contribution in [0.25, 0.3) is 0 Å². The van der Waals surface area contributed by atoms with E-state index >= 15 is 0 Å². The van der Waals surface area contributed by atoms with Crippen LogP contribution in [0.2, 0.25) is 0 Å². The highest BCUT2D eigenvalue weighted by Gasteiger charge is 2.19. The lowest BCUT2D eigenvalue weighted by Gasteiger charge is -2.17. The minimum atomic E-state index is 0.0465. The molecule has 1 aliphatic heterocycles. The number of pyridine rings is 1. The minimum Gasteiger partial charge on any atom is -0.341 e. The van der Waals surface area contributed by atoms with Gasteiger partial charge in [0.05, 0.1) is 16.3 Å². The number of carbonyl (C=O) groups is 2. The van der Waals surface area contributed by atoms with E-state index in [-0.39, 0.29) is 11.8 Å². The molecule has 2 amide bonds. The van der Waals surface area contributed by atoms with E-state index in [1.54, 1.807) is 24.2 Å². The second kappa shape index (κ2) is 8.85. The maximum Gasteiger partial charge on any atom is 0.255 e. The van der Waals surface area contributed by atoms with Gasteiger partial charge in [0, 0.05) is 32.9 Å². The third-order valence-electron chi connectivity index (χ3n) is 4.41. The van der Waals surface area contributed by atoms with E-state index in [0.29, 0.717) is 17.9 Å². The predicted molar refractivity (Wildman–Crippen MR) is 103 cm³/mol. The van der Waals surface area contributed by atoms with Gasteiger partial charge in [0.25, 0.3) is 5.91 Å². The van der Waals surface area contributed by atoms with Gasteiger partial charge >= 0.3 is 0 Å². The number of hydrogen-bond donors (Lipinski definition) is 0. The number of hydrogen-bond acceptors (Lipinski definition) is 4. The van der Waals surface area contributed by atoms with Crippen LogP contribution in [0.1, 0.15) is 28.8 Å². The van der Waals surface area contributed by atoms with Crippen LogP contribution in [0.3, 0.4) is 0 Å². The summed E-state index contributed by atoms with van der Waals surface area (Å²) in [6, 6.07) is 13.5. The molecule has 0 unspecified atom stereocenters. The standard InChI is InChI=1S/C20H23N3O2S/c1-22(14-16-7-3-2-4-8-16)19(24)15-26-18-10-9-17(13-21-18)20(25)23-11-5-6-12-23/h2-4,7-10,13H,5-6,11-12,14-15H2,1H3. The van der Waals surface area contributed by atoms with Gasteiger partial charge in [-0.3, -0.25) is 9.59 Å². The van der Waals surface area contributed by atoms with E-state index in [1.165, 1.54) is 11.8 Å². The third kappa shape index (κ3) is 4.85. The number of amides is 2. The lowest BCUT2D eigenvalue weighted by molar-refractivity contribution is -0.127. The average molecular weight is 369 g/mol. The van der Waals surface area contributed by atoms with E-state index in [1.807, 2.05) is 41.3 Å². The van der Waals surface area contributed by atoms with Gasteiger partial charge in [-0.1, -0.05) is 42.1 Å². The molecule has 5 nitrogen and oxygen atoms in total. The molecule has 0 N–H and O–H groups in total. The van der Waals surface area contributed by atoms with Crippen LogP contribution in [0.4, 0.5) is 0 Å². The van der Waals surface area contributed by atoms with Gasteiger partial charge in [0.15, 0.2) is 0 Å². The summed E-state index contributed by atoms with van der Waals surface area (Å²) >= 11 is 1.39. The summed E-state index contributed by atoms with van der Waals surface area (Å²) in [6.07, 6.45) is 3.76. The maximum absolute atomic E-state index is 12.3. The summed E-state index contributed by atoms with van der Waals surface area (Å²) in [7, 11) is 1.81. The van der Waals surface area contributed by atoms with Crippen molar-refractivity contribution >= 4 is 23.6 Å². The fraction of sp³-hybridized carbons (Fsp3) is 0.350. The molecule has 136 valence electrons. The summed E-state index contributed by atoms with van der Waals surface area (Å²) in [6.45, 7) is 2.26. The number of likely N-dealkylation sites (tertiary alicyclic amines) is 1. The van der Waals surface area contributed by atoms with Gasteiger partial charge in [-0.05, 0) is 30.5 Å². The molecule has 0 atom stereocenters. The van der Waals surface area contributed by atoms with Gasteiger partial charge in [0.2, 0.25) is 5.91 Å². The first-order valence-corrected chi connectivity index (χ1v) is 9.78. The average Bonchev–Trinajstić information content (AvgIpc) is 3.21. The molecule has 1 fully saturated rings. The Morgan fingerprint density at radius 3 is 2.50 bits per heavy atom. The molecule has 6 heteroatoms. The van der Waals surface area contributed by atoms with Crippen LogP contribution in [0, 0.1) is 0 Å². The molecule has 2 heterocycles. The Balaban J connectivity index is 1.49. The highest BCUT2D eigenvalue weighted by molar-refractivity contribution is 7.99. The quantitative estimate of drug-likeness (QED) is 0.735. The first kappa shape index (κ1) is 18.5. The van der Waals surface area contributed by atoms with Gasteiger partial charge in [-0.2, -0.15) is 0 Å². The zero-order valence-corrected chi connectivity index (χ0v) is 15.7. The molecule has 0 spiro atoms. The van der Waals surface area contributed by atoms with E-state index in [4.69, 9.17) is 0 Å². The lowest BCUT2D eigenvalue weighted by atomic mass is 10.2. The number of nitrogens with zero attached hydrogens (tertiary/aromatic N) is 3. The van der Waals surface area contributed by atoms with E-state index in [9.17, 15) is 9.59 Å². The molecule has 26 heavy (non-hydrogen) atoms. The largest absolute Gasteiger partial charge is 0.341 e. The normalized spacial score (nSPS) is 13.7. The van der Waals surface area contributed by atoms with Crippen molar-refractivity contribution in [2.24, 2.45) is 0 Å². The van der Waals surface area contributed by atoms with Crippen LogP contribution < -0.4 is 0 Å². The SMILES string of the molecule is CN(Cc1ccccc1)C(=O)CSc1ccc(C(=O)N2CCCC2)cn1. The van der Waals surface area contributed by atoms with Crippen molar-refractivity contribution in [3.8, 4) is 0 Å². The highest BCUT2D eigenvalue weighted by atomic mass is 32.2. The van der Waals surface area contributed by atoms with Crippen LogP contribution >= 0.6 is 11.8 Å². The summed E-state index contributed by atoms with van der Waals surface area (Å²) in [4.78, 5) is 32.5. The number of carbonyl (C=O) groups excluding carboxylic acids is 2. The molecule has 1 aromatic heterocycles. The van der Waals surface area contributed by atoms with Gasteiger partial charge in [-0.15, -0.1) is 0 Å². The highest BCUT2D eigenvalue weighted by Crippen LogP contribution is 2.18. The molecule has 2 aromatic rings. The summed E-state index contributed by atoms with van der Waals surface area (Å²) in [5, 5.41) is 0.754. The van der Waals surface area contributed by atoms with Crippen molar-refractivity contribution in [1.29, 1.82) is 0 Å². The van der Waals surface area contributed by atoms with E-state index < -0.39 is 0 Å². The summed E-state index contributed by atoms with van der Waals surface area (Å²) in [5.41, 5.74) is 1.72. The van der Waals surface area contributed by atoms with E-state index in [0.717, 1.165) is 36.5 Å².